The van der Waals surface area contributed by atoms with Crippen molar-refractivity contribution in [1.29, 1.82) is 0 Å². The van der Waals surface area contributed by atoms with Gasteiger partial charge in [0.05, 0.1) is 24.2 Å². The molecule has 1 amide bonds. The van der Waals surface area contributed by atoms with Crippen molar-refractivity contribution in [2.24, 2.45) is 0 Å². The largest absolute Gasteiger partial charge is 0.497 e. The van der Waals surface area contributed by atoms with E-state index < -0.39 is 10.0 Å². The van der Waals surface area contributed by atoms with Gasteiger partial charge in [-0.1, -0.05) is 54.6 Å². The molecule has 1 heterocycles. The molecule has 0 atom stereocenters. The smallest absolute Gasteiger partial charge is 0.265 e. The Labute approximate surface area is 192 Å². The van der Waals surface area contributed by atoms with Gasteiger partial charge in [0.2, 0.25) is 5.91 Å². The van der Waals surface area contributed by atoms with Crippen LogP contribution in [0.5, 0.6) is 5.75 Å². The van der Waals surface area contributed by atoms with Gasteiger partial charge in [0.25, 0.3) is 10.0 Å². The van der Waals surface area contributed by atoms with E-state index in [1.165, 1.54) is 4.31 Å². The lowest BCUT2D eigenvalue weighted by Crippen LogP contribution is -2.41. The minimum atomic E-state index is -3.83. The van der Waals surface area contributed by atoms with Gasteiger partial charge in [-0.2, -0.15) is 0 Å². The number of amides is 1. The summed E-state index contributed by atoms with van der Waals surface area (Å²) < 4.78 is 33.1. The number of ether oxygens (including phenoxy) is 1. The summed E-state index contributed by atoms with van der Waals surface area (Å²) in [5.41, 5.74) is 2.14. The number of sulfonamides is 1. The fourth-order valence-corrected chi connectivity index (χ4v) is 5.85. The van der Waals surface area contributed by atoms with Crippen molar-refractivity contribution in [3.63, 3.8) is 0 Å². The first kappa shape index (κ1) is 21.0. The lowest BCUT2D eigenvalue weighted by atomic mass is 10.1. The number of carbonyl (C=O) groups is 1. The number of benzene rings is 4. The Hall–Kier alpha value is -3.84. The second kappa shape index (κ2) is 8.26. The van der Waals surface area contributed by atoms with Gasteiger partial charge in [0.1, 0.15) is 12.3 Å². The number of methoxy groups -OCH3 is 1. The number of hydrogen-bond acceptors (Lipinski definition) is 4. The van der Waals surface area contributed by atoms with Crippen molar-refractivity contribution in [1.82, 2.24) is 0 Å². The standard InChI is InChI=1S/C26H22N2O4S/c1-32-22-15-13-21(14-16-22)27(17-19-7-3-2-4-8-19)25(29)18-28-23-11-5-9-20-10-6-12-24(26(20)23)33(28,30)31/h2-16H,17-18H2,1H3. The van der Waals surface area contributed by atoms with E-state index in [2.05, 4.69) is 0 Å². The van der Waals surface area contributed by atoms with Crippen LogP contribution in [0.25, 0.3) is 10.8 Å². The van der Waals surface area contributed by atoms with E-state index in [4.69, 9.17) is 4.74 Å². The van der Waals surface area contributed by atoms with Crippen molar-refractivity contribution in [2.45, 2.75) is 11.4 Å². The van der Waals surface area contributed by atoms with Gasteiger partial charge in [0.15, 0.2) is 0 Å². The monoisotopic (exact) mass is 458 g/mol. The van der Waals surface area contributed by atoms with E-state index in [-0.39, 0.29) is 17.3 Å². The summed E-state index contributed by atoms with van der Waals surface area (Å²) in [5.74, 6) is 0.354. The molecule has 0 saturated heterocycles. The molecule has 1 aliphatic heterocycles. The minimum absolute atomic E-state index is 0.238. The highest BCUT2D eigenvalue weighted by molar-refractivity contribution is 7.93. The van der Waals surface area contributed by atoms with Gasteiger partial charge in [-0.15, -0.1) is 0 Å². The van der Waals surface area contributed by atoms with Crippen molar-refractivity contribution in [2.75, 3.05) is 22.9 Å². The molecular formula is C26H22N2O4S. The number of anilines is 2. The summed E-state index contributed by atoms with van der Waals surface area (Å²) in [6, 6.07) is 27.4. The summed E-state index contributed by atoms with van der Waals surface area (Å²) in [5, 5.41) is 1.49. The van der Waals surface area contributed by atoms with E-state index in [1.54, 1.807) is 54.5 Å². The lowest BCUT2D eigenvalue weighted by Gasteiger charge is -2.26. The second-order valence-electron chi connectivity index (χ2n) is 7.81. The molecule has 166 valence electrons. The number of hydrogen-bond donors (Lipinski definition) is 0. The van der Waals surface area contributed by atoms with Gasteiger partial charge >= 0.3 is 0 Å². The predicted molar refractivity (Wildman–Crippen MR) is 129 cm³/mol. The average Bonchev–Trinajstić information content (AvgIpc) is 3.06. The fraction of sp³-hybridized carbons (Fsp3) is 0.115. The first-order valence-corrected chi connectivity index (χ1v) is 12.0. The molecule has 0 saturated carbocycles. The minimum Gasteiger partial charge on any atom is -0.497 e. The van der Waals surface area contributed by atoms with Crippen LogP contribution in [0.3, 0.4) is 0 Å². The molecule has 0 aliphatic carbocycles. The summed E-state index contributed by atoms with van der Waals surface area (Å²) in [4.78, 5) is 15.4. The molecule has 7 heteroatoms. The molecule has 0 unspecified atom stereocenters. The SMILES string of the molecule is COc1ccc(N(Cc2ccccc2)C(=O)CN2c3cccc4cccc(c34)S2(=O)=O)cc1. The van der Waals surface area contributed by atoms with Crippen molar-refractivity contribution >= 4 is 38.1 Å². The summed E-state index contributed by atoms with van der Waals surface area (Å²) in [6.07, 6.45) is 0. The molecule has 4 aromatic carbocycles. The Morgan fingerprint density at radius 1 is 0.879 bits per heavy atom. The molecule has 0 bridgehead atoms. The Balaban J connectivity index is 1.52. The summed E-state index contributed by atoms with van der Waals surface area (Å²) in [6.45, 7) is 0.0199. The molecule has 1 aliphatic rings. The van der Waals surface area contributed by atoms with E-state index in [0.29, 0.717) is 29.1 Å². The van der Waals surface area contributed by atoms with Crippen LogP contribution in [0.1, 0.15) is 5.56 Å². The van der Waals surface area contributed by atoms with Crippen LogP contribution in [0.4, 0.5) is 11.4 Å². The highest BCUT2D eigenvalue weighted by Crippen LogP contribution is 2.42. The van der Waals surface area contributed by atoms with Crippen LogP contribution in [0.2, 0.25) is 0 Å². The second-order valence-corrected chi connectivity index (χ2v) is 9.64. The normalized spacial score (nSPS) is 13.8. The van der Waals surface area contributed by atoms with Crippen LogP contribution in [0, 0.1) is 0 Å². The van der Waals surface area contributed by atoms with Crippen molar-refractivity contribution in [3.05, 3.63) is 96.6 Å². The molecule has 0 aromatic heterocycles. The molecule has 5 rings (SSSR count). The molecule has 0 spiro atoms. The summed E-state index contributed by atoms with van der Waals surface area (Å²) >= 11 is 0. The molecule has 33 heavy (non-hydrogen) atoms. The quantitative estimate of drug-likeness (QED) is 0.424. The van der Waals surface area contributed by atoms with Gasteiger partial charge in [-0.3, -0.25) is 9.10 Å². The van der Waals surface area contributed by atoms with Gasteiger partial charge < -0.3 is 9.64 Å². The Bertz CT molecular complexity index is 1430. The number of carbonyl (C=O) groups excluding carboxylic acids is 1. The number of rotatable bonds is 6. The first-order valence-electron chi connectivity index (χ1n) is 10.5. The van der Waals surface area contributed by atoms with E-state index in [0.717, 1.165) is 10.9 Å². The number of nitrogens with zero attached hydrogens (tertiary/aromatic N) is 2. The average molecular weight is 459 g/mol. The van der Waals surface area contributed by atoms with Gasteiger partial charge in [-0.25, -0.2) is 8.42 Å². The topological polar surface area (TPSA) is 66.9 Å². The molecule has 0 N–H and O–H groups in total. The van der Waals surface area contributed by atoms with Crippen molar-refractivity contribution < 1.29 is 17.9 Å². The summed E-state index contributed by atoms with van der Waals surface area (Å²) in [7, 11) is -2.25. The van der Waals surface area contributed by atoms with Gasteiger partial charge in [0, 0.05) is 11.1 Å². The highest BCUT2D eigenvalue weighted by atomic mass is 32.2. The Morgan fingerprint density at radius 2 is 1.58 bits per heavy atom. The fourth-order valence-electron chi connectivity index (χ4n) is 4.19. The van der Waals surface area contributed by atoms with Crippen LogP contribution in [0.15, 0.2) is 95.9 Å². The molecule has 4 aromatic rings. The zero-order chi connectivity index (χ0) is 23.0. The zero-order valence-corrected chi connectivity index (χ0v) is 18.8. The maximum atomic E-state index is 13.6. The first-order chi connectivity index (χ1) is 16.0. The van der Waals surface area contributed by atoms with Crippen LogP contribution in [-0.2, 0) is 21.4 Å². The third-order valence-electron chi connectivity index (χ3n) is 5.83. The Morgan fingerprint density at radius 3 is 2.27 bits per heavy atom. The highest BCUT2D eigenvalue weighted by Gasteiger charge is 2.37. The van der Waals surface area contributed by atoms with Crippen LogP contribution < -0.4 is 13.9 Å². The molecular weight excluding hydrogens is 436 g/mol. The maximum Gasteiger partial charge on any atom is 0.265 e. The third kappa shape index (κ3) is 3.70. The molecule has 0 fully saturated rings. The van der Waals surface area contributed by atoms with E-state index in [9.17, 15) is 13.2 Å². The third-order valence-corrected chi connectivity index (χ3v) is 7.63. The maximum absolute atomic E-state index is 13.6. The molecule has 6 nitrogen and oxygen atoms in total. The van der Waals surface area contributed by atoms with Gasteiger partial charge in [-0.05, 0) is 47.3 Å². The predicted octanol–water partition coefficient (Wildman–Crippen LogP) is 4.59. The van der Waals surface area contributed by atoms with E-state index >= 15 is 0 Å². The lowest BCUT2D eigenvalue weighted by molar-refractivity contribution is -0.117. The molecule has 0 radical (unpaired) electrons. The Kier molecular flexibility index (Phi) is 5.26. The van der Waals surface area contributed by atoms with Crippen LogP contribution >= 0.6 is 0 Å². The van der Waals surface area contributed by atoms with E-state index in [1.807, 2.05) is 48.5 Å². The zero-order valence-electron chi connectivity index (χ0n) is 18.0. The van der Waals surface area contributed by atoms with Crippen LogP contribution in [-0.4, -0.2) is 28.0 Å². The van der Waals surface area contributed by atoms with Crippen molar-refractivity contribution in [3.8, 4) is 5.75 Å².